The molecule has 4 aromatic heterocycles. The Morgan fingerprint density at radius 1 is 0.889 bits per heavy atom. The first-order valence-corrected chi connectivity index (χ1v) is 8.55. The highest BCUT2D eigenvalue weighted by molar-refractivity contribution is 5.82. The summed E-state index contributed by atoms with van der Waals surface area (Å²) in [6.07, 6.45) is 9.17. The Morgan fingerprint density at radius 3 is 2.37 bits per heavy atom. The van der Waals surface area contributed by atoms with E-state index in [4.69, 9.17) is 0 Å². The highest BCUT2D eigenvalue weighted by Crippen LogP contribution is 2.21. The van der Waals surface area contributed by atoms with E-state index >= 15 is 0 Å². The molecule has 0 aromatic carbocycles. The molecule has 0 radical (unpaired) electrons. The van der Waals surface area contributed by atoms with Crippen molar-refractivity contribution in [1.82, 2.24) is 24.8 Å². The molecule has 0 atom stereocenters. The first-order valence-electron chi connectivity index (χ1n) is 8.55. The molecule has 144 valence electrons. The van der Waals surface area contributed by atoms with Crippen molar-refractivity contribution in [2.45, 2.75) is 54.4 Å². The second-order valence-electron chi connectivity index (χ2n) is 6.63. The van der Waals surface area contributed by atoms with Crippen LogP contribution in [0.2, 0.25) is 0 Å². The number of hydrogen-bond donors (Lipinski definition) is 0. The van der Waals surface area contributed by atoms with Crippen LogP contribution in [0.4, 0.5) is 0 Å². The number of hydrogen-bond acceptors (Lipinski definition) is 4. The van der Waals surface area contributed by atoms with Crippen molar-refractivity contribution in [3.8, 4) is 0 Å². The quantitative estimate of drug-likeness (QED) is 0.445. The molecule has 0 spiro atoms. The molecule has 0 fully saturated rings. The van der Waals surface area contributed by atoms with E-state index in [2.05, 4.69) is 60.1 Å². The lowest BCUT2D eigenvalue weighted by Crippen LogP contribution is -1.96. The first-order chi connectivity index (χ1) is 12.1. The standard InChI is InChI=1S/C10H11N3.C10H12N2.2CH4/c1-7(2)10-9-3-4-11-5-8(9)6-12-13-10;1-8(2)9-5-6-11-12-7-3-4-10(9)12;;/h3-7H,1-2H3;3-8H,1-2H3;2*1H4. The van der Waals surface area contributed by atoms with Crippen LogP contribution >= 0.6 is 0 Å². The molecule has 5 nitrogen and oxygen atoms in total. The maximum atomic E-state index is 4.20. The molecule has 5 heteroatoms. The molecule has 4 heterocycles. The SMILES string of the molecule is C.C.CC(C)c1ccnn2cccc12.CC(C)c1nncc2cnccc12. The maximum Gasteiger partial charge on any atom is 0.0735 e. The van der Waals surface area contributed by atoms with Crippen molar-refractivity contribution >= 4 is 16.3 Å². The van der Waals surface area contributed by atoms with Crippen LogP contribution in [-0.4, -0.2) is 24.8 Å². The molecule has 4 aromatic rings. The van der Waals surface area contributed by atoms with Gasteiger partial charge < -0.3 is 0 Å². The number of aromatic nitrogens is 5. The summed E-state index contributed by atoms with van der Waals surface area (Å²) in [5.74, 6) is 0.962. The zero-order valence-corrected chi connectivity index (χ0v) is 15.1. The monoisotopic (exact) mass is 365 g/mol. The molecule has 0 amide bonds. The van der Waals surface area contributed by atoms with Crippen molar-refractivity contribution < 1.29 is 0 Å². The summed E-state index contributed by atoms with van der Waals surface area (Å²) in [6, 6.07) is 8.19. The fraction of sp³-hybridized carbons (Fsp3) is 0.364. The fourth-order valence-corrected chi connectivity index (χ4v) is 2.84. The average Bonchev–Trinajstić information content (AvgIpc) is 3.10. The molecular weight excluding hydrogens is 334 g/mol. The molecule has 0 saturated carbocycles. The summed E-state index contributed by atoms with van der Waals surface area (Å²) in [4.78, 5) is 4.05. The van der Waals surface area contributed by atoms with Gasteiger partial charge in [-0.1, -0.05) is 42.5 Å². The van der Waals surface area contributed by atoms with Crippen LogP contribution in [0.25, 0.3) is 16.3 Å². The third-order valence-electron chi connectivity index (χ3n) is 4.13. The average molecular weight is 366 g/mol. The van der Waals surface area contributed by atoms with Crippen molar-refractivity contribution in [2.24, 2.45) is 0 Å². The summed E-state index contributed by atoms with van der Waals surface area (Å²) in [7, 11) is 0. The highest BCUT2D eigenvalue weighted by atomic mass is 15.2. The Balaban J connectivity index is 0.000000252. The van der Waals surface area contributed by atoms with Gasteiger partial charge in [0, 0.05) is 35.6 Å². The Kier molecular flexibility index (Phi) is 8.03. The molecule has 0 saturated heterocycles. The minimum Gasteiger partial charge on any atom is -0.264 e. The summed E-state index contributed by atoms with van der Waals surface area (Å²) in [5.41, 5.74) is 3.61. The Hall–Kier alpha value is -2.82. The van der Waals surface area contributed by atoms with Crippen LogP contribution in [0.15, 0.2) is 55.2 Å². The van der Waals surface area contributed by atoms with Gasteiger partial charge in [0.05, 0.1) is 17.4 Å². The molecular formula is C22H31N5. The van der Waals surface area contributed by atoms with E-state index in [1.165, 1.54) is 11.1 Å². The van der Waals surface area contributed by atoms with Gasteiger partial charge in [-0.3, -0.25) is 4.98 Å². The summed E-state index contributed by atoms with van der Waals surface area (Å²) < 4.78 is 1.91. The van der Waals surface area contributed by atoms with Gasteiger partial charge in [0.1, 0.15) is 0 Å². The Morgan fingerprint density at radius 2 is 1.67 bits per heavy atom. The predicted molar refractivity (Wildman–Crippen MR) is 114 cm³/mol. The smallest absolute Gasteiger partial charge is 0.0735 e. The zero-order chi connectivity index (χ0) is 17.8. The molecule has 0 bridgehead atoms. The maximum absolute atomic E-state index is 4.20. The number of pyridine rings is 1. The third-order valence-corrected chi connectivity index (χ3v) is 4.13. The van der Waals surface area contributed by atoms with E-state index < -0.39 is 0 Å². The van der Waals surface area contributed by atoms with Crippen molar-refractivity contribution in [1.29, 1.82) is 0 Å². The van der Waals surface area contributed by atoms with Gasteiger partial charge in [-0.05, 0) is 41.7 Å². The van der Waals surface area contributed by atoms with Crippen LogP contribution in [0.3, 0.4) is 0 Å². The third kappa shape index (κ3) is 4.88. The second-order valence-corrected chi connectivity index (χ2v) is 6.63. The van der Waals surface area contributed by atoms with Gasteiger partial charge in [0.25, 0.3) is 0 Å². The molecule has 0 aliphatic heterocycles. The van der Waals surface area contributed by atoms with Gasteiger partial charge in [0.2, 0.25) is 0 Å². The fourth-order valence-electron chi connectivity index (χ4n) is 2.84. The molecule has 0 aliphatic carbocycles. The van der Waals surface area contributed by atoms with Crippen LogP contribution in [0.1, 0.15) is 65.6 Å². The Bertz CT molecular complexity index is 967. The van der Waals surface area contributed by atoms with Crippen LogP contribution in [0.5, 0.6) is 0 Å². The summed E-state index contributed by atoms with van der Waals surface area (Å²) in [6.45, 7) is 8.62. The molecule has 0 unspecified atom stereocenters. The minimum atomic E-state index is 0. The van der Waals surface area contributed by atoms with Crippen LogP contribution < -0.4 is 0 Å². The van der Waals surface area contributed by atoms with Gasteiger partial charge in [-0.15, -0.1) is 0 Å². The van der Waals surface area contributed by atoms with Gasteiger partial charge in [0.15, 0.2) is 0 Å². The summed E-state index contributed by atoms with van der Waals surface area (Å²) in [5, 5.41) is 14.5. The Labute approximate surface area is 162 Å². The van der Waals surface area contributed by atoms with E-state index in [1.54, 1.807) is 12.4 Å². The topological polar surface area (TPSA) is 56.0 Å². The number of rotatable bonds is 2. The van der Waals surface area contributed by atoms with Crippen molar-refractivity contribution in [3.63, 3.8) is 0 Å². The predicted octanol–water partition coefficient (Wildman–Crippen LogP) is 5.88. The zero-order valence-electron chi connectivity index (χ0n) is 15.1. The number of fused-ring (bicyclic) bond motifs is 2. The van der Waals surface area contributed by atoms with E-state index in [0.29, 0.717) is 11.8 Å². The van der Waals surface area contributed by atoms with Crippen molar-refractivity contribution in [2.75, 3.05) is 0 Å². The number of nitrogens with zero attached hydrogens (tertiary/aromatic N) is 5. The molecule has 4 rings (SSSR count). The lowest BCUT2D eigenvalue weighted by molar-refractivity contribution is 0.798. The summed E-state index contributed by atoms with van der Waals surface area (Å²) >= 11 is 0. The minimum absolute atomic E-state index is 0. The van der Waals surface area contributed by atoms with E-state index in [-0.39, 0.29) is 14.9 Å². The van der Waals surface area contributed by atoms with Gasteiger partial charge in [-0.25, -0.2) is 4.52 Å². The van der Waals surface area contributed by atoms with Gasteiger partial charge in [-0.2, -0.15) is 15.3 Å². The van der Waals surface area contributed by atoms with E-state index in [9.17, 15) is 0 Å². The molecule has 27 heavy (non-hydrogen) atoms. The van der Waals surface area contributed by atoms with Crippen LogP contribution in [-0.2, 0) is 0 Å². The van der Waals surface area contributed by atoms with E-state index in [1.807, 2.05) is 35.2 Å². The molecule has 0 aliphatic rings. The van der Waals surface area contributed by atoms with E-state index in [0.717, 1.165) is 16.5 Å². The molecule has 0 N–H and O–H groups in total. The van der Waals surface area contributed by atoms with Gasteiger partial charge >= 0.3 is 0 Å². The van der Waals surface area contributed by atoms with Crippen molar-refractivity contribution in [3.05, 3.63) is 66.5 Å². The first kappa shape index (κ1) is 22.2. The lowest BCUT2D eigenvalue weighted by Gasteiger charge is -2.06. The largest absolute Gasteiger partial charge is 0.264 e. The lowest BCUT2D eigenvalue weighted by atomic mass is 10.0. The normalized spacial score (nSPS) is 10.3. The second kappa shape index (κ2) is 9.76. The van der Waals surface area contributed by atoms with Crippen LogP contribution in [0, 0.1) is 0 Å². The highest BCUT2D eigenvalue weighted by Gasteiger charge is 2.06.